The van der Waals surface area contributed by atoms with Crippen molar-refractivity contribution < 1.29 is 0 Å². The van der Waals surface area contributed by atoms with Gasteiger partial charge in [-0.3, -0.25) is 0 Å². The molecule has 0 amide bonds. The lowest BCUT2D eigenvalue weighted by Gasteiger charge is -2.11. The van der Waals surface area contributed by atoms with Gasteiger partial charge in [0.1, 0.15) is 0 Å². The van der Waals surface area contributed by atoms with Crippen molar-refractivity contribution in [2.24, 2.45) is 0 Å². The van der Waals surface area contributed by atoms with Gasteiger partial charge in [0.25, 0.3) is 0 Å². The van der Waals surface area contributed by atoms with Crippen molar-refractivity contribution in [3.8, 4) is 0 Å². The summed E-state index contributed by atoms with van der Waals surface area (Å²) in [7, 11) is 0. The highest BCUT2D eigenvalue weighted by atomic mass is 32.2. The third-order valence-electron chi connectivity index (χ3n) is 2.77. The molecule has 2 aromatic rings. The van der Waals surface area contributed by atoms with Crippen molar-refractivity contribution in [1.29, 1.82) is 0 Å². The van der Waals surface area contributed by atoms with Crippen LogP contribution in [0.1, 0.15) is 26.7 Å². The van der Waals surface area contributed by atoms with Crippen LogP contribution in [0.3, 0.4) is 0 Å². The van der Waals surface area contributed by atoms with Gasteiger partial charge in [0.2, 0.25) is 0 Å². The molecule has 0 aliphatic rings. The molecule has 2 aromatic carbocycles. The fraction of sp³-hybridized carbons (Fsp3) is 0.333. The van der Waals surface area contributed by atoms with Gasteiger partial charge < -0.3 is 0 Å². The SMILES string of the molecule is CCCC(C)Sc1cccc2ccccc12. The van der Waals surface area contributed by atoms with Gasteiger partial charge in [-0.05, 0) is 23.3 Å². The average molecular weight is 230 g/mol. The highest BCUT2D eigenvalue weighted by Gasteiger charge is 2.06. The number of hydrogen-bond acceptors (Lipinski definition) is 1. The van der Waals surface area contributed by atoms with E-state index in [1.807, 2.05) is 11.8 Å². The number of benzene rings is 2. The first-order valence-electron chi connectivity index (χ1n) is 5.95. The van der Waals surface area contributed by atoms with Crippen LogP contribution in [0.2, 0.25) is 0 Å². The van der Waals surface area contributed by atoms with Gasteiger partial charge in [-0.15, -0.1) is 11.8 Å². The van der Waals surface area contributed by atoms with Gasteiger partial charge >= 0.3 is 0 Å². The minimum absolute atomic E-state index is 0.704. The van der Waals surface area contributed by atoms with Crippen molar-refractivity contribution >= 4 is 22.5 Å². The Morgan fingerprint density at radius 3 is 2.62 bits per heavy atom. The van der Waals surface area contributed by atoms with Crippen LogP contribution in [0.4, 0.5) is 0 Å². The maximum atomic E-state index is 2.32. The molecule has 0 aromatic heterocycles. The minimum Gasteiger partial charge on any atom is -0.122 e. The van der Waals surface area contributed by atoms with Crippen LogP contribution in [0.5, 0.6) is 0 Å². The van der Waals surface area contributed by atoms with Crippen LogP contribution in [0.15, 0.2) is 47.4 Å². The zero-order valence-corrected chi connectivity index (χ0v) is 10.8. The van der Waals surface area contributed by atoms with Crippen molar-refractivity contribution in [2.75, 3.05) is 0 Å². The summed E-state index contributed by atoms with van der Waals surface area (Å²) >= 11 is 2.00. The number of hydrogen-bond donors (Lipinski definition) is 0. The Kier molecular flexibility index (Phi) is 3.89. The maximum Gasteiger partial charge on any atom is 0.0153 e. The molecule has 0 heterocycles. The molecular weight excluding hydrogens is 212 g/mol. The first-order chi connectivity index (χ1) is 7.81. The monoisotopic (exact) mass is 230 g/mol. The lowest BCUT2D eigenvalue weighted by atomic mass is 10.1. The molecule has 1 heteroatoms. The van der Waals surface area contributed by atoms with E-state index in [1.165, 1.54) is 28.5 Å². The molecule has 0 saturated heterocycles. The summed E-state index contributed by atoms with van der Waals surface area (Å²) in [6.45, 7) is 4.57. The number of thioether (sulfide) groups is 1. The zero-order chi connectivity index (χ0) is 11.4. The Balaban J connectivity index is 2.30. The molecule has 0 saturated carbocycles. The van der Waals surface area contributed by atoms with Gasteiger partial charge in [0.15, 0.2) is 0 Å². The molecule has 0 N–H and O–H groups in total. The summed E-state index contributed by atoms with van der Waals surface area (Å²) in [4.78, 5) is 1.42. The van der Waals surface area contributed by atoms with Crippen LogP contribution in [-0.4, -0.2) is 5.25 Å². The highest BCUT2D eigenvalue weighted by molar-refractivity contribution is 8.00. The number of rotatable bonds is 4. The molecule has 0 aliphatic carbocycles. The van der Waals surface area contributed by atoms with E-state index < -0.39 is 0 Å². The number of fused-ring (bicyclic) bond motifs is 1. The van der Waals surface area contributed by atoms with E-state index in [4.69, 9.17) is 0 Å². The molecule has 0 bridgehead atoms. The minimum atomic E-state index is 0.704. The summed E-state index contributed by atoms with van der Waals surface area (Å²) in [5, 5.41) is 3.44. The normalized spacial score (nSPS) is 12.9. The lowest BCUT2D eigenvalue weighted by Crippen LogP contribution is -1.94. The van der Waals surface area contributed by atoms with Crippen LogP contribution in [-0.2, 0) is 0 Å². The van der Waals surface area contributed by atoms with Crippen molar-refractivity contribution in [3.05, 3.63) is 42.5 Å². The summed E-state index contributed by atoms with van der Waals surface area (Å²) in [6, 6.07) is 15.2. The summed E-state index contributed by atoms with van der Waals surface area (Å²) in [5.74, 6) is 0. The molecule has 2 rings (SSSR count). The quantitative estimate of drug-likeness (QED) is 0.657. The molecule has 1 atom stereocenters. The topological polar surface area (TPSA) is 0 Å². The maximum absolute atomic E-state index is 2.32. The molecular formula is C15H18S. The Morgan fingerprint density at radius 1 is 1.06 bits per heavy atom. The van der Waals surface area contributed by atoms with Crippen molar-refractivity contribution in [2.45, 2.75) is 36.8 Å². The molecule has 1 unspecified atom stereocenters. The third kappa shape index (κ3) is 2.59. The highest BCUT2D eigenvalue weighted by Crippen LogP contribution is 2.32. The van der Waals surface area contributed by atoms with Crippen molar-refractivity contribution in [3.63, 3.8) is 0 Å². The second-order valence-electron chi connectivity index (χ2n) is 4.19. The van der Waals surface area contributed by atoms with E-state index in [0.717, 1.165) is 0 Å². The fourth-order valence-electron chi connectivity index (χ4n) is 1.98. The smallest absolute Gasteiger partial charge is 0.0153 e. The predicted molar refractivity (Wildman–Crippen MR) is 74.2 cm³/mol. The first kappa shape index (κ1) is 11.5. The predicted octanol–water partition coefficient (Wildman–Crippen LogP) is 5.12. The lowest BCUT2D eigenvalue weighted by molar-refractivity contribution is 0.787. The van der Waals surface area contributed by atoms with E-state index in [1.54, 1.807) is 0 Å². The van der Waals surface area contributed by atoms with Crippen LogP contribution in [0.25, 0.3) is 10.8 Å². The molecule has 0 spiro atoms. The van der Waals surface area contributed by atoms with Crippen LogP contribution < -0.4 is 0 Å². The Bertz CT molecular complexity index is 456. The molecule has 16 heavy (non-hydrogen) atoms. The van der Waals surface area contributed by atoms with Crippen LogP contribution in [0, 0.1) is 0 Å². The van der Waals surface area contributed by atoms with Gasteiger partial charge in [-0.25, -0.2) is 0 Å². The Morgan fingerprint density at radius 2 is 1.81 bits per heavy atom. The van der Waals surface area contributed by atoms with Gasteiger partial charge in [-0.1, -0.05) is 56.7 Å². The molecule has 0 radical (unpaired) electrons. The molecule has 84 valence electrons. The third-order valence-corrected chi connectivity index (χ3v) is 4.02. The second-order valence-corrected chi connectivity index (χ2v) is 5.67. The Hall–Kier alpha value is -0.950. The van der Waals surface area contributed by atoms with Crippen molar-refractivity contribution in [1.82, 2.24) is 0 Å². The standard InChI is InChI=1S/C15H18S/c1-3-7-12(2)16-15-11-6-9-13-8-4-5-10-14(13)15/h4-6,8-12H,3,7H2,1-2H3. The van der Waals surface area contributed by atoms with Gasteiger partial charge in [0, 0.05) is 10.1 Å². The van der Waals surface area contributed by atoms with Gasteiger partial charge in [0.05, 0.1) is 0 Å². The van der Waals surface area contributed by atoms with Crippen LogP contribution >= 0.6 is 11.8 Å². The molecule has 0 nitrogen and oxygen atoms in total. The Labute approximate surface area is 102 Å². The van der Waals surface area contributed by atoms with E-state index in [2.05, 4.69) is 56.3 Å². The zero-order valence-electron chi connectivity index (χ0n) is 9.94. The van der Waals surface area contributed by atoms with E-state index >= 15 is 0 Å². The van der Waals surface area contributed by atoms with E-state index in [0.29, 0.717) is 5.25 Å². The summed E-state index contributed by atoms with van der Waals surface area (Å²) in [5.41, 5.74) is 0. The largest absolute Gasteiger partial charge is 0.122 e. The van der Waals surface area contributed by atoms with E-state index in [-0.39, 0.29) is 0 Å². The van der Waals surface area contributed by atoms with Gasteiger partial charge in [-0.2, -0.15) is 0 Å². The first-order valence-corrected chi connectivity index (χ1v) is 6.83. The second kappa shape index (κ2) is 5.40. The molecule has 0 aliphatic heterocycles. The summed E-state index contributed by atoms with van der Waals surface area (Å²) < 4.78 is 0. The average Bonchev–Trinajstić information content (AvgIpc) is 2.30. The summed E-state index contributed by atoms with van der Waals surface area (Å²) in [6.07, 6.45) is 2.55. The molecule has 0 fully saturated rings. The van der Waals surface area contributed by atoms with E-state index in [9.17, 15) is 0 Å². The fourth-order valence-corrected chi connectivity index (χ4v) is 3.24.